The molecule has 0 bridgehead atoms. The highest BCUT2D eigenvalue weighted by molar-refractivity contribution is 5.91. The fraction of sp³-hybridized carbons (Fsp3) is 0.429. The van der Waals surface area contributed by atoms with Gasteiger partial charge in [-0.05, 0) is 25.0 Å². The van der Waals surface area contributed by atoms with E-state index in [0.717, 1.165) is 0 Å². The molecular weight excluding hydrogens is 279 g/mol. The third-order valence-electron chi connectivity index (χ3n) is 3.46. The van der Waals surface area contributed by atoms with E-state index >= 15 is 0 Å². The molecule has 0 spiro atoms. The van der Waals surface area contributed by atoms with Crippen LogP contribution in [0.25, 0.3) is 0 Å². The Labute approximate surface area is 121 Å². The molecule has 6 nitrogen and oxygen atoms in total. The van der Waals surface area contributed by atoms with Crippen LogP contribution in [0.4, 0.5) is 14.9 Å². The second kappa shape index (κ2) is 6.43. The molecule has 114 valence electrons. The lowest BCUT2D eigenvalue weighted by molar-refractivity contribution is -0.143. The fourth-order valence-electron chi connectivity index (χ4n) is 2.33. The van der Waals surface area contributed by atoms with Gasteiger partial charge in [-0.25, -0.2) is 9.18 Å². The number of benzene rings is 1. The molecule has 1 atom stereocenters. The molecule has 7 heteroatoms. The number of hydrogen-bond acceptors (Lipinski definition) is 3. The molecular formula is C14H17FN2O4. The zero-order chi connectivity index (χ0) is 15.4. The molecule has 1 saturated heterocycles. The van der Waals surface area contributed by atoms with Crippen molar-refractivity contribution in [2.75, 3.05) is 25.5 Å². The number of urea groups is 1. The molecule has 0 radical (unpaired) electrons. The van der Waals surface area contributed by atoms with Crippen molar-refractivity contribution in [2.45, 2.75) is 12.8 Å². The first kappa shape index (κ1) is 15.1. The Bertz CT molecular complexity index is 550. The molecule has 2 N–H and O–H groups in total. The van der Waals surface area contributed by atoms with Crippen molar-refractivity contribution in [3.8, 4) is 5.75 Å². The number of rotatable bonds is 3. The van der Waals surface area contributed by atoms with E-state index in [1.165, 1.54) is 30.2 Å². The monoisotopic (exact) mass is 296 g/mol. The van der Waals surface area contributed by atoms with Crippen LogP contribution >= 0.6 is 0 Å². The summed E-state index contributed by atoms with van der Waals surface area (Å²) in [6, 6.07) is 3.39. The lowest BCUT2D eigenvalue weighted by atomic mass is 9.99. The Hall–Kier alpha value is -2.31. The minimum absolute atomic E-state index is 0.171. The first-order chi connectivity index (χ1) is 10.0. The number of anilines is 1. The minimum atomic E-state index is -0.896. The van der Waals surface area contributed by atoms with E-state index in [-0.39, 0.29) is 12.3 Å². The van der Waals surface area contributed by atoms with Crippen molar-refractivity contribution >= 4 is 17.7 Å². The van der Waals surface area contributed by atoms with Crippen LogP contribution in [0.15, 0.2) is 18.2 Å². The molecule has 0 aliphatic carbocycles. The van der Waals surface area contributed by atoms with E-state index < -0.39 is 23.7 Å². The quantitative estimate of drug-likeness (QED) is 0.896. The molecule has 1 aliphatic rings. The highest BCUT2D eigenvalue weighted by Crippen LogP contribution is 2.26. The average molecular weight is 296 g/mol. The molecule has 1 unspecified atom stereocenters. The predicted molar refractivity (Wildman–Crippen MR) is 73.9 cm³/mol. The summed E-state index contributed by atoms with van der Waals surface area (Å²) in [4.78, 5) is 24.6. The van der Waals surface area contributed by atoms with E-state index in [4.69, 9.17) is 9.84 Å². The molecule has 0 aromatic heterocycles. The summed E-state index contributed by atoms with van der Waals surface area (Å²) in [5, 5.41) is 11.6. The number of nitrogens with zero attached hydrogens (tertiary/aromatic N) is 1. The van der Waals surface area contributed by atoms with Crippen molar-refractivity contribution < 1.29 is 23.8 Å². The summed E-state index contributed by atoms with van der Waals surface area (Å²) < 4.78 is 18.1. The number of amides is 2. The molecule has 1 aliphatic heterocycles. The van der Waals surface area contributed by atoms with Crippen molar-refractivity contribution in [3.63, 3.8) is 0 Å². The van der Waals surface area contributed by atoms with E-state index in [9.17, 15) is 14.0 Å². The number of methoxy groups -OCH3 is 1. The zero-order valence-electron chi connectivity index (χ0n) is 11.6. The number of carbonyl (C=O) groups excluding carboxylic acids is 1. The summed E-state index contributed by atoms with van der Waals surface area (Å²) in [5.74, 6) is -1.68. The van der Waals surface area contributed by atoms with Crippen LogP contribution in [0.1, 0.15) is 12.8 Å². The SMILES string of the molecule is COc1cc(F)ccc1NC(=O)N1CCCC(C(=O)O)C1. The number of carbonyl (C=O) groups is 2. The number of carboxylic acid groups (broad SMARTS) is 1. The van der Waals surface area contributed by atoms with Crippen LogP contribution in [0, 0.1) is 11.7 Å². The highest BCUT2D eigenvalue weighted by atomic mass is 19.1. The second-order valence-corrected chi connectivity index (χ2v) is 4.90. The maximum atomic E-state index is 13.1. The van der Waals surface area contributed by atoms with Crippen LogP contribution in [-0.4, -0.2) is 42.2 Å². The normalized spacial score (nSPS) is 18.2. The van der Waals surface area contributed by atoms with Gasteiger partial charge in [0.25, 0.3) is 0 Å². The van der Waals surface area contributed by atoms with Crippen LogP contribution in [0.3, 0.4) is 0 Å². The first-order valence-corrected chi connectivity index (χ1v) is 6.63. The summed E-state index contributed by atoms with van der Waals surface area (Å²) in [6.45, 7) is 0.670. The lowest BCUT2D eigenvalue weighted by Crippen LogP contribution is -2.44. The van der Waals surface area contributed by atoms with Gasteiger partial charge < -0.3 is 20.1 Å². The van der Waals surface area contributed by atoms with Gasteiger partial charge in [-0.2, -0.15) is 0 Å². The maximum Gasteiger partial charge on any atom is 0.321 e. The number of aliphatic carboxylic acids is 1. The highest BCUT2D eigenvalue weighted by Gasteiger charge is 2.28. The standard InChI is InChI=1S/C14H17FN2O4/c1-21-12-7-10(15)4-5-11(12)16-14(20)17-6-2-3-9(8-17)13(18)19/h4-5,7,9H,2-3,6,8H2,1H3,(H,16,20)(H,18,19). The van der Waals surface area contributed by atoms with Gasteiger partial charge in [0.05, 0.1) is 18.7 Å². The molecule has 2 amide bonds. The second-order valence-electron chi connectivity index (χ2n) is 4.90. The Balaban J connectivity index is 2.06. The summed E-state index contributed by atoms with van der Waals surface area (Å²) in [5.41, 5.74) is 0.348. The van der Waals surface area contributed by atoms with Crippen molar-refractivity contribution in [3.05, 3.63) is 24.0 Å². The molecule has 2 rings (SSSR count). The summed E-state index contributed by atoms with van der Waals surface area (Å²) in [7, 11) is 1.38. The van der Waals surface area contributed by atoms with Gasteiger partial charge >= 0.3 is 12.0 Å². The Morgan fingerprint density at radius 1 is 1.48 bits per heavy atom. The first-order valence-electron chi connectivity index (χ1n) is 6.63. The van der Waals surface area contributed by atoms with Gasteiger partial charge in [0.1, 0.15) is 11.6 Å². The van der Waals surface area contributed by atoms with Gasteiger partial charge in [-0.1, -0.05) is 0 Å². The van der Waals surface area contributed by atoms with Gasteiger partial charge in [0.2, 0.25) is 0 Å². The van der Waals surface area contributed by atoms with E-state index in [1.807, 2.05) is 0 Å². The number of piperidine rings is 1. The number of hydrogen-bond donors (Lipinski definition) is 2. The van der Waals surface area contributed by atoms with E-state index in [0.29, 0.717) is 25.1 Å². The third-order valence-corrected chi connectivity index (χ3v) is 3.46. The number of halogens is 1. The van der Waals surface area contributed by atoms with Gasteiger partial charge in [0.15, 0.2) is 0 Å². The number of ether oxygens (including phenoxy) is 1. The maximum absolute atomic E-state index is 13.1. The van der Waals surface area contributed by atoms with Gasteiger partial charge in [0, 0.05) is 19.2 Å². The fourth-order valence-corrected chi connectivity index (χ4v) is 2.33. The number of likely N-dealkylation sites (tertiary alicyclic amines) is 1. The molecule has 1 heterocycles. The van der Waals surface area contributed by atoms with Crippen LogP contribution in [0.5, 0.6) is 5.75 Å². The van der Waals surface area contributed by atoms with Gasteiger partial charge in [-0.3, -0.25) is 4.79 Å². The molecule has 1 aromatic carbocycles. The van der Waals surface area contributed by atoms with Crippen molar-refractivity contribution in [1.29, 1.82) is 0 Å². The van der Waals surface area contributed by atoms with E-state index in [1.54, 1.807) is 0 Å². The van der Waals surface area contributed by atoms with E-state index in [2.05, 4.69) is 5.32 Å². The van der Waals surface area contributed by atoms with Crippen LogP contribution < -0.4 is 10.1 Å². The summed E-state index contributed by atoms with van der Waals surface area (Å²) >= 11 is 0. The average Bonchev–Trinajstić information content (AvgIpc) is 2.49. The Morgan fingerprint density at radius 3 is 2.90 bits per heavy atom. The Kier molecular flexibility index (Phi) is 4.62. The predicted octanol–water partition coefficient (Wildman–Crippen LogP) is 2.16. The molecule has 1 fully saturated rings. The third kappa shape index (κ3) is 3.62. The topological polar surface area (TPSA) is 78.9 Å². The largest absolute Gasteiger partial charge is 0.494 e. The molecule has 0 saturated carbocycles. The van der Waals surface area contributed by atoms with Crippen molar-refractivity contribution in [2.24, 2.45) is 5.92 Å². The molecule has 21 heavy (non-hydrogen) atoms. The Morgan fingerprint density at radius 2 is 2.24 bits per heavy atom. The summed E-state index contributed by atoms with van der Waals surface area (Å²) in [6.07, 6.45) is 1.21. The van der Waals surface area contributed by atoms with Crippen molar-refractivity contribution in [1.82, 2.24) is 4.90 Å². The smallest absolute Gasteiger partial charge is 0.321 e. The molecule has 1 aromatic rings. The zero-order valence-corrected chi connectivity index (χ0v) is 11.6. The number of nitrogens with one attached hydrogen (secondary N) is 1. The van der Waals surface area contributed by atoms with Gasteiger partial charge in [-0.15, -0.1) is 0 Å². The minimum Gasteiger partial charge on any atom is -0.494 e. The lowest BCUT2D eigenvalue weighted by Gasteiger charge is -2.30. The van der Waals surface area contributed by atoms with Crippen LogP contribution in [-0.2, 0) is 4.79 Å². The number of carboxylic acids is 1. The van der Waals surface area contributed by atoms with Crippen LogP contribution in [0.2, 0.25) is 0 Å².